The van der Waals surface area contributed by atoms with Crippen molar-refractivity contribution in [2.45, 2.75) is 123 Å². The zero-order chi connectivity index (χ0) is 64.9. The first-order valence-corrected chi connectivity index (χ1v) is 30.8. The number of alkyl carbamates (subject to hydrolysis) is 1. The molecule has 1 atom stereocenters. The van der Waals surface area contributed by atoms with E-state index >= 15 is 0 Å². The molecule has 88 heavy (non-hydrogen) atoms. The van der Waals surface area contributed by atoms with Gasteiger partial charge < -0.3 is 106 Å². The van der Waals surface area contributed by atoms with Gasteiger partial charge in [0.05, 0.1) is 196 Å². The van der Waals surface area contributed by atoms with Crippen molar-refractivity contribution >= 4 is 23.9 Å². The number of amides is 3. The highest BCUT2D eigenvalue weighted by Crippen LogP contribution is 2.20. The maximum atomic E-state index is 13.4. The Hall–Kier alpha value is -3.94. The predicted molar refractivity (Wildman–Crippen MR) is 327 cm³/mol. The van der Waals surface area contributed by atoms with Crippen LogP contribution in [0.25, 0.3) is 0 Å². The third kappa shape index (κ3) is 54.9. The second kappa shape index (κ2) is 52.7. The number of carbonyl (C=O) groups excluding carboxylic acids is 4. The Labute approximate surface area is 524 Å². The molecule has 0 aromatic heterocycles. The van der Waals surface area contributed by atoms with E-state index in [9.17, 15) is 19.2 Å². The highest BCUT2D eigenvalue weighted by Gasteiger charge is 2.24. The molecule has 0 saturated carbocycles. The Morgan fingerprint density at radius 2 is 0.773 bits per heavy atom. The minimum absolute atomic E-state index is 0.0213. The summed E-state index contributed by atoms with van der Waals surface area (Å²) in [6, 6.07) is 5.99. The zero-order valence-corrected chi connectivity index (χ0v) is 55.2. The van der Waals surface area contributed by atoms with Crippen molar-refractivity contribution in [2.24, 2.45) is 0 Å². The van der Waals surface area contributed by atoms with Crippen LogP contribution in [0.15, 0.2) is 24.3 Å². The fourth-order valence-electron chi connectivity index (χ4n) is 7.08. The van der Waals surface area contributed by atoms with E-state index in [1.165, 1.54) is 0 Å². The number of benzene rings is 1. The van der Waals surface area contributed by atoms with Crippen LogP contribution in [0.2, 0.25) is 0 Å². The predicted octanol–water partition coefficient (Wildman–Crippen LogP) is 4.70. The molecule has 0 heterocycles. The molecule has 0 spiro atoms. The molecule has 26 heteroatoms. The molecule has 3 amide bonds. The number of rotatable bonds is 60. The Balaban J connectivity index is 2.20. The molecule has 0 aliphatic rings. The van der Waals surface area contributed by atoms with Crippen molar-refractivity contribution in [3.8, 4) is 5.75 Å². The maximum Gasteiger partial charge on any atom is 0.407 e. The quantitative estimate of drug-likeness (QED) is 0.0589. The molecular formula is C62H113N3O23. The Bertz CT molecular complexity index is 1850. The number of hydrogen-bond donors (Lipinski definition) is 3. The SMILES string of the molecule is COCCOCCOCCOCCOCCC(C)(C)OCCC(C)(C)OCCOCCOCCOCCOCCOCCNC(=O)C(Cc1ccc(OCC(=O)OC(C)(C)C)cc1)NC(=O)CCOCCOCCOCCOCCNC(=O)OC(C)(C)C. The average Bonchev–Trinajstić information content (AvgIpc) is 3.14. The van der Waals surface area contributed by atoms with E-state index < -0.39 is 29.3 Å². The monoisotopic (exact) mass is 1270 g/mol. The van der Waals surface area contributed by atoms with Gasteiger partial charge in [-0.15, -0.1) is 0 Å². The van der Waals surface area contributed by atoms with E-state index in [2.05, 4.69) is 29.8 Å². The summed E-state index contributed by atoms with van der Waals surface area (Å²) in [5.41, 5.74) is -1.13. The van der Waals surface area contributed by atoms with Gasteiger partial charge in [-0.25, -0.2) is 9.59 Å². The van der Waals surface area contributed by atoms with Crippen LogP contribution in [0.1, 0.15) is 94.1 Å². The van der Waals surface area contributed by atoms with E-state index in [-0.39, 0.29) is 68.8 Å². The second-order valence-corrected chi connectivity index (χ2v) is 23.0. The Kier molecular flexibility index (Phi) is 49.1. The lowest BCUT2D eigenvalue weighted by molar-refractivity contribution is -0.157. The van der Waals surface area contributed by atoms with E-state index in [0.717, 1.165) is 18.4 Å². The van der Waals surface area contributed by atoms with Crippen LogP contribution in [0, 0.1) is 0 Å². The number of hydrogen-bond acceptors (Lipinski definition) is 23. The van der Waals surface area contributed by atoms with Crippen LogP contribution in [0.4, 0.5) is 4.79 Å². The minimum Gasteiger partial charge on any atom is -0.482 e. The molecule has 1 aromatic rings. The molecule has 3 N–H and O–H groups in total. The summed E-state index contributed by atoms with van der Waals surface area (Å²) < 4.78 is 106. The molecule has 1 aromatic carbocycles. The van der Waals surface area contributed by atoms with E-state index in [4.69, 9.17) is 90.0 Å². The van der Waals surface area contributed by atoms with Crippen LogP contribution in [0.5, 0.6) is 5.75 Å². The standard InChI is InChI=1S/C62H113N3O23/c1-59(2,3)87-56(67)51-84-53-14-12-52(13-15-53)50-54(65-55(66)16-21-71-28-32-76-38-40-79-35-31-74-25-20-64-58(69)88-60(4,5)6)57(68)63-19-24-73-30-34-78-41-43-81-44-45-82-46-47-83-48-49-86-62(9,10)18-23-85-61(7,8)17-22-72-29-33-77-39-42-80-37-36-75-27-26-70-11/h12-15,54H,16-51H2,1-11H3,(H,63,68)(H,64,69)(H,65,66). The summed E-state index contributed by atoms with van der Waals surface area (Å²) in [6.07, 6.45) is 1.21. The summed E-state index contributed by atoms with van der Waals surface area (Å²) >= 11 is 0. The van der Waals surface area contributed by atoms with Crippen molar-refractivity contribution in [3.05, 3.63) is 29.8 Å². The maximum absolute atomic E-state index is 13.4. The third-order valence-electron chi connectivity index (χ3n) is 11.6. The lowest BCUT2D eigenvalue weighted by Gasteiger charge is -2.29. The average molecular weight is 1270 g/mol. The first kappa shape index (κ1) is 82.1. The molecule has 0 aliphatic heterocycles. The summed E-state index contributed by atoms with van der Waals surface area (Å²) in [5, 5.41) is 8.30. The van der Waals surface area contributed by atoms with Crippen LogP contribution >= 0.6 is 0 Å². The molecule has 0 aliphatic carbocycles. The molecule has 0 saturated heterocycles. The van der Waals surface area contributed by atoms with Gasteiger partial charge >= 0.3 is 12.1 Å². The largest absolute Gasteiger partial charge is 0.482 e. The van der Waals surface area contributed by atoms with Crippen molar-refractivity contribution in [1.82, 2.24) is 16.0 Å². The van der Waals surface area contributed by atoms with Gasteiger partial charge in [0.25, 0.3) is 0 Å². The van der Waals surface area contributed by atoms with Gasteiger partial charge in [-0.2, -0.15) is 0 Å². The molecule has 0 bridgehead atoms. The third-order valence-corrected chi connectivity index (χ3v) is 11.6. The van der Waals surface area contributed by atoms with Gasteiger partial charge in [0.2, 0.25) is 11.8 Å². The number of carbonyl (C=O) groups is 4. The minimum atomic E-state index is -0.901. The second-order valence-electron chi connectivity index (χ2n) is 23.0. The molecular weight excluding hydrogens is 1150 g/mol. The summed E-state index contributed by atoms with van der Waals surface area (Å²) in [4.78, 5) is 50.2. The summed E-state index contributed by atoms with van der Waals surface area (Å²) in [5.74, 6) is -0.801. The van der Waals surface area contributed by atoms with E-state index in [0.29, 0.717) is 184 Å². The van der Waals surface area contributed by atoms with Gasteiger partial charge in [0.1, 0.15) is 23.0 Å². The van der Waals surface area contributed by atoms with Crippen molar-refractivity contribution < 1.29 is 109 Å². The fourth-order valence-corrected chi connectivity index (χ4v) is 7.08. The lowest BCUT2D eigenvalue weighted by atomic mass is 10.0. The van der Waals surface area contributed by atoms with E-state index in [1.54, 1.807) is 72.9 Å². The van der Waals surface area contributed by atoms with Crippen LogP contribution in [-0.2, 0) is 106 Å². The van der Waals surface area contributed by atoms with Crippen molar-refractivity contribution in [1.29, 1.82) is 0 Å². The zero-order valence-electron chi connectivity index (χ0n) is 55.2. The number of esters is 1. The number of nitrogens with one attached hydrogen (secondary N) is 3. The molecule has 26 nitrogen and oxygen atoms in total. The first-order valence-electron chi connectivity index (χ1n) is 30.8. The van der Waals surface area contributed by atoms with E-state index in [1.807, 2.05) is 13.8 Å². The Morgan fingerprint density at radius 3 is 1.20 bits per heavy atom. The van der Waals surface area contributed by atoms with Crippen molar-refractivity contribution in [2.75, 3.05) is 218 Å². The molecule has 0 fully saturated rings. The highest BCUT2D eigenvalue weighted by molar-refractivity contribution is 5.88. The molecule has 1 rings (SSSR count). The number of methoxy groups -OCH3 is 1. The van der Waals surface area contributed by atoms with Gasteiger partial charge in [-0.1, -0.05) is 12.1 Å². The molecule has 1 unspecified atom stereocenters. The first-order chi connectivity index (χ1) is 42.1. The van der Waals surface area contributed by atoms with Gasteiger partial charge in [-0.05, 0) is 99.8 Å². The summed E-state index contributed by atoms with van der Waals surface area (Å²) in [7, 11) is 1.64. The fraction of sp³-hybridized carbons (Fsp3) is 0.839. The van der Waals surface area contributed by atoms with Crippen molar-refractivity contribution in [3.63, 3.8) is 0 Å². The van der Waals surface area contributed by atoms with Crippen LogP contribution in [0.3, 0.4) is 0 Å². The van der Waals surface area contributed by atoms with Gasteiger partial charge in [-0.3, -0.25) is 9.59 Å². The van der Waals surface area contributed by atoms with Gasteiger partial charge in [0, 0.05) is 39.6 Å². The topological polar surface area (TPSA) is 280 Å². The highest BCUT2D eigenvalue weighted by atomic mass is 16.6. The summed E-state index contributed by atoms with van der Waals surface area (Å²) in [6.45, 7) is 31.4. The Morgan fingerprint density at radius 1 is 0.409 bits per heavy atom. The molecule has 0 radical (unpaired) electrons. The van der Waals surface area contributed by atoms with Crippen LogP contribution < -0.4 is 20.7 Å². The van der Waals surface area contributed by atoms with Gasteiger partial charge in [0.15, 0.2) is 6.61 Å². The normalized spacial score (nSPS) is 12.5. The smallest absolute Gasteiger partial charge is 0.407 e. The number of ether oxygens (including phenoxy) is 19. The lowest BCUT2D eigenvalue weighted by Crippen LogP contribution is -2.48. The molecule has 514 valence electrons. The van der Waals surface area contributed by atoms with Crippen LogP contribution in [-0.4, -0.2) is 271 Å².